The Labute approximate surface area is 96.8 Å². The maximum absolute atomic E-state index is 12.8. The van der Waals surface area contributed by atoms with Gasteiger partial charge in [0.1, 0.15) is 0 Å². The van der Waals surface area contributed by atoms with Crippen molar-refractivity contribution in [2.24, 2.45) is 0 Å². The van der Waals surface area contributed by atoms with Gasteiger partial charge in [-0.1, -0.05) is 19.4 Å². The van der Waals surface area contributed by atoms with Gasteiger partial charge in [-0.3, -0.25) is 0 Å². The summed E-state index contributed by atoms with van der Waals surface area (Å²) in [5.74, 6) is -0.942. The van der Waals surface area contributed by atoms with Crippen molar-refractivity contribution in [1.29, 1.82) is 0 Å². The standard InChI is InChI=1S/C9H8F3.CH3.W/c1-5-3-6(2)8(9(11)12)7(10)4-5;;/h3,9H,1-2H3;1H3;/q2*-1;+2. The first-order valence-corrected chi connectivity index (χ1v) is 3.49. The van der Waals surface area contributed by atoms with Crippen LogP contribution in [0, 0.1) is 33.2 Å². The molecule has 4 heteroatoms. The summed E-state index contributed by atoms with van der Waals surface area (Å²) in [5, 5.41) is 0. The number of hydrogen-bond acceptors (Lipinski definition) is 0. The average molecular weight is 372 g/mol. The molecule has 0 saturated carbocycles. The summed E-state index contributed by atoms with van der Waals surface area (Å²) < 4.78 is 37.1. The smallest absolute Gasteiger partial charge is 0.358 e. The van der Waals surface area contributed by atoms with Crippen molar-refractivity contribution in [3.05, 3.63) is 42.1 Å². The molecule has 0 aliphatic heterocycles. The zero-order chi connectivity index (χ0) is 9.30. The van der Waals surface area contributed by atoms with Gasteiger partial charge < -0.3 is 7.43 Å². The van der Waals surface area contributed by atoms with E-state index in [0.29, 0.717) is 5.56 Å². The minimum Gasteiger partial charge on any atom is -0.358 e. The van der Waals surface area contributed by atoms with Gasteiger partial charge in [-0.25, -0.2) is 13.2 Å². The molecular formula is C10H11F3W. The topological polar surface area (TPSA) is 0 Å². The number of hydrogen-bond donors (Lipinski definition) is 0. The minimum absolute atomic E-state index is 0. The van der Waals surface area contributed by atoms with E-state index in [1.165, 1.54) is 13.0 Å². The fourth-order valence-corrected chi connectivity index (χ4v) is 1.12. The van der Waals surface area contributed by atoms with Crippen molar-refractivity contribution in [1.82, 2.24) is 0 Å². The molecule has 0 aliphatic carbocycles. The summed E-state index contributed by atoms with van der Waals surface area (Å²) >= 11 is 0. The van der Waals surface area contributed by atoms with E-state index >= 15 is 0 Å². The summed E-state index contributed by atoms with van der Waals surface area (Å²) in [5.41, 5.74) is 0.272. The van der Waals surface area contributed by atoms with Crippen LogP contribution in [0.2, 0.25) is 0 Å². The molecule has 1 aromatic rings. The van der Waals surface area contributed by atoms with Crippen molar-refractivity contribution in [2.45, 2.75) is 20.3 Å². The van der Waals surface area contributed by atoms with Gasteiger partial charge in [-0.15, -0.1) is 11.6 Å². The van der Waals surface area contributed by atoms with Gasteiger partial charge in [0.15, 0.2) is 0 Å². The summed E-state index contributed by atoms with van der Waals surface area (Å²) in [6.07, 6.45) is -2.76. The quantitative estimate of drug-likeness (QED) is 0.661. The van der Waals surface area contributed by atoms with E-state index in [0.717, 1.165) is 0 Å². The Balaban J connectivity index is 0. The number of benzene rings is 1. The Kier molecular flexibility index (Phi) is 7.19. The van der Waals surface area contributed by atoms with Crippen LogP contribution in [0.3, 0.4) is 0 Å². The predicted octanol–water partition coefficient (Wildman–Crippen LogP) is 3.63. The van der Waals surface area contributed by atoms with Crippen LogP contribution < -0.4 is 0 Å². The molecule has 0 fully saturated rings. The zero-order valence-corrected chi connectivity index (χ0v) is 11.1. The zero-order valence-electron chi connectivity index (χ0n) is 8.20. The molecule has 0 aliphatic rings. The van der Waals surface area contributed by atoms with Crippen molar-refractivity contribution < 1.29 is 34.2 Å². The van der Waals surface area contributed by atoms with Crippen molar-refractivity contribution in [3.8, 4) is 0 Å². The van der Waals surface area contributed by atoms with Gasteiger partial charge >= 0.3 is 21.1 Å². The maximum atomic E-state index is 12.8. The predicted molar refractivity (Wildman–Crippen MR) is 46.1 cm³/mol. The number of rotatable bonds is 1. The number of alkyl halides is 2. The van der Waals surface area contributed by atoms with Gasteiger partial charge in [0.25, 0.3) is 0 Å². The second-order valence-electron chi connectivity index (χ2n) is 2.66. The van der Waals surface area contributed by atoms with Crippen LogP contribution in [0.15, 0.2) is 6.07 Å². The van der Waals surface area contributed by atoms with E-state index in [2.05, 4.69) is 6.07 Å². The Morgan fingerprint density at radius 2 is 1.79 bits per heavy atom. The van der Waals surface area contributed by atoms with Crippen LogP contribution in [0.25, 0.3) is 0 Å². The molecule has 0 amide bonds. The third kappa shape index (κ3) is 3.45. The molecule has 0 bridgehead atoms. The van der Waals surface area contributed by atoms with Crippen LogP contribution in [0.5, 0.6) is 0 Å². The average Bonchev–Trinajstić information content (AvgIpc) is 1.82. The fourth-order valence-electron chi connectivity index (χ4n) is 1.12. The van der Waals surface area contributed by atoms with E-state index in [1.54, 1.807) is 6.92 Å². The third-order valence-corrected chi connectivity index (χ3v) is 1.62. The van der Waals surface area contributed by atoms with Crippen LogP contribution in [0.4, 0.5) is 13.2 Å². The first kappa shape index (κ1) is 16.1. The van der Waals surface area contributed by atoms with Gasteiger partial charge in [0.2, 0.25) is 6.43 Å². The second kappa shape index (κ2) is 6.23. The van der Waals surface area contributed by atoms with Gasteiger partial charge in [0.05, 0.1) is 0 Å². The second-order valence-corrected chi connectivity index (χ2v) is 2.66. The first-order valence-electron chi connectivity index (χ1n) is 3.49. The monoisotopic (exact) mass is 372 g/mol. The van der Waals surface area contributed by atoms with E-state index in [9.17, 15) is 13.2 Å². The fraction of sp³-hybridized carbons (Fsp3) is 0.300. The molecule has 78 valence electrons. The Morgan fingerprint density at radius 1 is 1.29 bits per heavy atom. The van der Waals surface area contributed by atoms with Crippen LogP contribution in [0.1, 0.15) is 23.1 Å². The van der Waals surface area contributed by atoms with E-state index < -0.39 is 17.8 Å². The molecule has 0 radical (unpaired) electrons. The van der Waals surface area contributed by atoms with E-state index in [1.807, 2.05) is 0 Å². The number of aryl methyl sites for hydroxylation is 2. The minimum atomic E-state index is -2.76. The summed E-state index contributed by atoms with van der Waals surface area (Å²) in [4.78, 5) is 0. The largest absolute Gasteiger partial charge is 2.00 e. The molecule has 0 aromatic heterocycles. The van der Waals surface area contributed by atoms with Crippen molar-refractivity contribution in [2.75, 3.05) is 0 Å². The summed E-state index contributed by atoms with van der Waals surface area (Å²) in [7, 11) is 0. The molecule has 0 N–H and O–H groups in total. The van der Waals surface area contributed by atoms with Crippen LogP contribution in [-0.4, -0.2) is 0 Å². The Morgan fingerprint density at radius 3 is 2.14 bits per heavy atom. The SMILES string of the molecule is Cc1[c-]c(F)c(C(F)F)c(C)c1.[CH3-].[W+2]. The van der Waals surface area contributed by atoms with E-state index in [4.69, 9.17) is 0 Å². The third-order valence-electron chi connectivity index (χ3n) is 1.62. The first-order chi connectivity index (χ1) is 5.52. The molecule has 0 unspecified atom stereocenters. The molecule has 0 saturated heterocycles. The normalized spacial score (nSPS) is 9.29. The molecule has 1 rings (SSSR count). The molecule has 0 heterocycles. The van der Waals surface area contributed by atoms with Gasteiger partial charge in [-0.05, 0) is 0 Å². The number of halogens is 3. The van der Waals surface area contributed by atoms with Crippen LogP contribution >= 0.6 is 0 Å². The van der Waals surface area contributed by atoms with Crippen molar-refractivity contribution >= 4 is 0 Å². The summed E-state index contributed by atoms with van der Waals surface area (Å²) in [6.45, 7) is 3.08. The molecular weight excluding hydrogens is 361 g/mol. The maximum Gasteiger partial charge on any atom is 2.00 e. The van der Waals surface area contributed by atoms with Gasteiger partial charge in [-0.2, -0.15) is 11.6 Å². The molecule has 1 aromatic carbocycles. The Hall–Kier alpha value is -0.302. The molecule has 14 heavy (non-hydrogen) atoms. The molecule has 0 nitrogen and oxygen atoms in total. The van der Waals surface area contributed by atoms with E-state index in [-0.39, 0.29) is 34.1 Å². The van der Waals surface area contributed by atoms with Crippen LogP contribution in [-0.2, 0) is 21.1 Å². The van der Waals surface area contributed by atoms with Crippen molar-refractivity contribution in [3.63, 3.8) is 0 Å². The van der Waals surface area contributed by atoms with Gasteiger partial charge in [0, 0.05) is 5.82 Å². The Bertz CT molecular complexity index is 274. The molecule has 0 spiro atoms. The summed E-state index contributed by atoms with van der Waals surface area (Å²) in [6, 6.07) is 3.70. The molecule has 0 atom stereocenters.